The molecule has 0 aromatic heterocycles. The van der Waals surface area contributed by atoms with E-state index < -0.39 is 12.1 Å². The second-order valence-electron chi connectivity index (χ2n) is 5.40. The van der Waals surface area contributed by atoms with E-state index in [0.29, 0.717) is 5.92 Å². The molecule has 0 bridgehead atoms. The summed E-state index contributed by atoms with van der Waals surface area (Å²) in [5.74, 6) is -0.375. The predicted molar refractivity (Wildman–Crippen MR) is 83.8 cm³/mol. The number of hydrogen-bond donors (Lipinski definition) is 1. The van der Waals surface area contributed by atoms with Gasteiger partial charge in [-0.1, -0.05) is 50.5 Å². The number of aliphatic hydroxyl groups is 1. The molecule has 4 nitrogen and oxygen atoms in total. The number of unbranched alkanes of at least 4 members (excludes halogenated alkanes) is 1. The highest BCUT2D eigenvalue weighted by molar-refractivity contribution is 5.95. The number of aliphatic hydroxyl groups excluding tert-OH is 1. The van der Waals surface area contributed by atoms with Crippen LogP contribution in [0.1, 0.15) is 52.9 Å². The monoisotopic (exact) mass is 296 g/mol. The molecule has 120 valence electrons. The average Bonchev–Trinajstić information content (AvgIpc) is 2.43. The highest BCUT2D eigenvalue weighted by Gasteiger charge is 2.12. The largest absolute Gasteiger partial charge is 0.469 e. The van der Waals surface area contributed by atoms with Gasteiger partial charge >= 0.3 is 5.97 Å². The van der Waals surface area contributed by atoms with Crippen LogP contribution in [-0.2, 0) is 14.3 Å². The number of rotatable bonds is 10. The molecule has 0 fully saturated rings. The summed E-state index contributed by atoms with van der Waals surface area (Å²) < 4.78 is 4.40. The minimum absolute atomic E-state index is 0.0656. The van der Waals surface area contributed by atoms with Gasteiger partial charge in [0.25, 0.3) is 0 Å². The van der Waals surface area contributed by atoms with Crippen molar-refractivity contribution < 1.29 is 19.4 Å². The molecule has 1 N–H and O–H groups in total. The molecule has 0 aromatic rings. The van der Waals surface area contributed by atoms with Crippen LogP contribution in [0.5, 0.6) is 0 Å². The Kier molecular flexibility index (Phi) is 10.5. The van der Waals surface area contributed by atoms with Crippen molar-refractivity contribution in [2.75, 3.05) is 7.11 Å². The van der Waals surface area contributed by atoms with Crippen molar-refractivity contribution in [1.29, 1.82) is 0 Å². The van der Waals surface area contributed by atoms with Gasteiger partial charge in [-0.05, 0) is 19.3 Å². The summed E-state index contributed by atoms with van der Waals surface area (Å²) in [7, 11) is 1.24. The van der Waals surface area contributed by atoms with E-state index in [1.54, 1.807) is 12.2 Å². The van der Waals surface area contributed by atoms with Crippen molar-refractivity contribution in [2.45, 2.75) is 59.0 Å². The Bertz CT molecular complexity index is 382. The molecule has 0 heterocycles. The van der Waals surface area contributed by atoms with Gasteiger partial charge in [0.05, 0.1) is 13.2 Å². The molecule has 21 heavy (non-hydrogen) atoms. The zero-order valence-electron chi connectivity index (χ0n) is 13.6. The Balaban J connectivity index is 4.22. The maximum atomic E-state index is 11.4. The molecular formula is C17H28O4. The predicted octanol–water partition coefficient (Wildman–Crippen LogP) is 3.20. The van der Waals surface area contributed by atoms with Crippen molar-refractivity contribution in [2.24, 2.45) is 5.92 Å². The quantitative estimate of drug-likeness (QED) is 0.382. The van der Waals surface area contributed by atoms with E-state index in [2.05, 4.69) is 25.5 Å². The fraction of sp³-hybridized carbons (Fsp3) is 0.647. The maximum Gasteiger partial charge on any atom is 0.313 e. The maximum absolute atomic E-state index is 11.4. The molecular weight excluding hydrogens is 268 g/mol. The Morgan fingerprint density at radius 3 is 2.57 bits per heavy atom. The number of carbonyl (C=O) groups is 2. The number of ether oxygens (including phenoxy) is 1. The van der Waals surface area contributed by atoms with Crippen LogP contribution in [-0.4, -0.2) is 30.1 Å². The van der Waals surface area contributed by atoms with Gasteiger partial charge in [0, 0.05) is 6.42 Å². The fourth-order valence-corrected chi connectivity index (χ4v) is 1.84. The molecule has 0 radical (unpaired) electrons. The van der Waals surface area contributed by atoms with Gasteiger partial charge in [-0.15, -0.1) is 0 Å². The van der Waals surface area contributed by atoms with Gasteiger partial charge in [-0.2, -0.15) is 0 Å². The smallest absolute Gasteiger partial charge is 0.313 e. The van der Waals surface area contributed by atoms with Gasteiger partial charge in [0.15, 0.2) is 0 Å². The Hall–Kier alpha value is -1.42. The number of hydrogen-bond acceptors (Lipinski definition) is 4. The third-order valence-corrected chi connectivity index (χ3v) is 3.47. The third kappa shape index (κ3) is 10.0. The van der Waals surface area contributed by atoms with E-state index >= 15 is 0 Å². The van der Waals surface area contributed by atoms with Crippen molar-refractivity contribution in [3.05, 3.63) is 23.8 Å². The molecule has 4 heteroatoms. The van der Waals surface area contributed by atoms with Gasteiger partial charge in [0.1, 0.15) is 12.2 Å². The first-order chi connectivity index (χ1) is 9.90. The molecule has 0 spiro atoms. The number of ketones is 1. The average molecular weight is 296 g/mol. The molecule has 0 aliphatic heterocycles. The summed E-state index contributed by atoms with van der Waals surface area (Å²) >= 11 is 0. The van der Waals surface area contributed by atoms with Gasteiger partial charge in [-0.25, -0.2) is 0 Å². The van der Waals surface area contributed by atoms with Crippen molar-refractivity contribution >= 4 is 11.8 Å². The van der Waals surface area contributed by atoms with E-state index in [0.717, 1.165) is 6.42 Å². The summed E-state index contributed by atoms with van der Waals surface area (Å²) in [6.45, 7) is 6.43. The van der Waals surface area contributed by atoms with Crippen LogP contribution in [0.2, 0.25) is 0 Å². The summed E-state index contributed by atoms with van der Waals surface area (Å²) in [5.41, 5.74) is 1.26. The third-order valence-electron chi connectivity index (χ3n) is 3.47. The topological polar surface area (TPSA) is 63.6 Å². The second kappa shape index (κ2) is 11.3. The van der Waals surface area contributed by atoms with Crippen molar-refractivity contribution in [3.63, 3.8) is 0 Å². The Labute approximate surface area is 127 Å². The first kappa shape index (κ1) is 19.6. The van der Waals surface area contributed by atoms with Crippen LogP contribution in [0.15, 0.2) is 23.8 Å². The zero-order valence-corrected chi connectivity index (χ0v) is 13.6. The lowest BCUT2D eigenvalue weighted by Crippen LogP contribution is -2.15. The SMILES string of the molecule is CCCCC(C)/C(C)=C/C=C/C(O)CC(=O)CC(=O)OC. The molecule has 2 unspecified atom stereocenters. The van der Waals surface area contributed by atoms with E-state index in [4.69, 9.17) is 0 Å². The van der Waals surface area contributed by atoms with Crippen LogP contribution >= 0.6 is 0 Å². The number of carbonyl (C=O) groups excluding carboxylic acids is 2. The van der Waals surface area contributed by atoms with Crippen molar-refractivity contribution in [3.8, 4) is 0 Å². The van der Waals surface area contributed by atoms with Gasteiger partial charge in [0.2, 0.25) is 0 Å². The van der Waals surface area contributed by atoms with Crippen LogP contribution in [0.3, 0.4) is 0 Å². The highest BCUT2D eigenvalue weighted by atomic mass is 16.5. The fourth-order valence-electron chi connectivity index (χ4n) is 1.84. The zero-order chi connectivity index (χ0) is 16.3. The van der Waals surface area contributed by atoms with Gasteiger partial charge < -0.3 is 9.84 Å². The van der Waals surface area contributed by atoms with E-state index in [9.17, 15) is 14.7 Å². The van der Waals surface area contributed by atoms with E-state index in [1.165, 1.54) is 25.5 Å². The lowest BCUT2D eigenvalue weighted by atomic mass is 9.96. The van der Waals surface area contributed by atoms with E-state index in [1.807, 2.05) is 6.08 Å². The van der Waals surface area contributed by atoms with Crippen LogP contribution in [0.25, 0.3) is 0 Å². The first-order valence-corrected chi connectivity index (χ1v) is 7.52. The highest BCUT2D eigenvalue weighted by Crippen LogP contribution is 2.17. The normalized spacial score (nSPS) is 15.0. The molecule has 0 aromatic carbocycles. The standard InChI is InChI=1S/C17H28O4/c1-5-6-8-13(2)14(3)9-7-10-15(18)11-16(19)12-17(20)21-4/h7,9-10,13,15,18H,5-6,8,11-12H2,1-4H3/b10-7+,14-9+. The summed E-state index contributed by atoms with van der Waals surface area (Å²) in [5, 5.41) is 9.71. The lowest BCUT2D eigenvalue weighted by Gasteiger charge is -2.10. The minimum atomic E-state index is -0.864. The second-order valence-corrected chi connectivity index (χ2v) is 5.40. The number of methoxy groups -OCH3 is 1. The Morgan fingerprint density at radius 2 is 2.00 bits per heavy atom. The summed E-state index contributed by atoms with van der Waals surface area (Å²) in [4.78, 5) is 22.4. The van der Waals surface area contributed by atoms with Crippen molar-refractivity contribution in [1.82, 2.24) is 0 Å². The lowest BCUT2D eigenvalue weighted by molar-refractivity contribution is -0.143. The molecule has 0 amide bonds. The van der Waals surface area contributed by atoms with E-state index in [-0.39, 0.29) is 18.6 Å². The van der Waals surface area contributed by atoms with Crippen LogP contribution < -0.4 is 0 Å². The number of Topliss-reactive ketones (excluding diaryl/α,β-unsaturated/α-hetero) is 1. The molecule has 0 saturated carbocycles. The molecule has 0 rings (SSSR count). The molecule has 0 aliphatic rings. The summed E-state index contributed by atoms with van der Waals surface area (Å²) in [6.07, 6.45) is 7.65. The molecule has 2 atom stereocenters. The number of allylic oxidation sites excluding steroid dienone is 3. The minimum Gasteiger partial charge on any atom is -0.469 e. The Morgan fingerprint density at radius 1 is 1.33 bits per heavy atom. The molecule has 0 saturated heterocycles. The van der Waals surface area contributed by atoms with Gasteiger partial charge in [-0.3, -0.25) is 9.59 Å². The summed E-state index contributed by atoms with van der Waals surface area (Å²) in [6, 6.07) is 0. The number of esters is 1. The first-order valence-electron chi connectivity index (χ1n) is 7.52. The molecule has 0 aliphatic carbocycles. The van der Waals surface area contributed by atoms with Crippen LogP contribution in [0, 0.1) is 5.92 Å². The van der Waals surface area contributed by atoms with Crippen LogP contribution in [0.4, 0.5) is 0 Å².